The fraction of sp³-hybridized carbons (Fsp3) is 0.421. The standard InChI is InChI=1S/C19H25N5O2/c1-3-9-20-18(25)17-8-10-21-19(22-17)24-13-11-23(12-14-24)15-4-6-16(26-2)7-5-15/h4-8,10H,3,9,11-14H2,1-2H3,(H,20,25). The number of nitrogens with one attached hydrogen (secondary N) is 1. The number of methoxy groups -OCH3 is 1. The van der Waals surface area contributed by atoms with Gasteiger partial charge in [-0.1, -0.05) is 6.92 Å². The minimum atomic E-state index is -0.146. The van der Waals surface area contributed by atoms with Gasteiger partial charge in [-0.15, -0.1) is 0 Å². The fourth-order valence-corrected chi connectivity index (χ4v) is 2.91. The van der Waals surface area contributed by atoms with Gasteiger partial charge >= 0.3 is 0 Å². The molecule has 7 nitrogen and oxygen atoms in total. The summed E-state index contributed by atoms with van der Waals surface area (Å²) in [6.07, 6.45) is 2.55. The zero-order valence-corrected chi connectivity index (χ0v) is 15.3. The SMILES string of the molecule is CCCNC(=O)c1ccnc(N2CCN(c3ccc(OC)cc3)CC2)n1. The highest BCUT2D eigenvalue weighted by atomic mass is 16.5. The highest BCUT2D eigenvalue weighted by molar-refractivity contribution is 5.92. The van der Waals surface area contributed by atoms with Crippen molar-refractivity contribution in [1.29, 1.82) is 0 Å². The Balaban J connectivity index is 1.61. The third kappa shape index (κ3) is 4.22. The molecule has 7 heteroatoms. The first-order chi connectivity index (χ1) is 12.7. The molecule has 0 bridgehead atoms. The highest BCUT2D eigenvalue weighted by Gasteiger charge is 2.20. The fourth-order valence-electron chi connectivity index (χ4n) is 2.91. The van der Waals surface area contributed by atoms with E-state index in [0.717, 1.165) is 38.3 Å². The molecule has 26 heavy (non-hydrogen) atoms. The molecule has 0 aliphatic carbocycles. The Labute approximate surface area is 154 Å². The van der Waals surface area contributed by atoms with Crippen molar-refractivity contribution in [3.8, 4) is 5.75 Å². The Morgan fingerprint density at radius 1 is 1.12 bits per heavy atom. The molecule has 1 aliphatic rings. The van der Waals surface area contributed by atoms with Crippen LogP contribution in [0.1, 0.15) is 23.8 Å². The maximum atomic E-state index is 12.1. The van der Waals surface area contributed by atoms with Gasteiger partial charge in [0.25, 0.3) is 5.91 Å². The number of anilines is 2. The minimum Gasteiger partial charge on any atom is -0.497 e. The van der Waals surface area contributed by atoms with E-state index in [1.165, 1.54) is 5.69 Å². The summed E-state index contributed by atoms with van der Waals surface area (Å²) >= 11 is 0. The summed E-state index contributed by atoms with van der Waals surface area (Å²) in [7, 11) is 1.67. The second kappa shape index (κ2) is 8.51. The average molecular weight is 355 g/mol. The van der Waals surface area contributed by atoms with E-state index in [4.69, 9.17) is 4.74 Å². The van der Waals surface area contributed by atoms with Crippen molar-refractivity contribution >= 4 is 17.5 Å². The van der Waals surface area contributed by atoms with Crippen LogP contribution in [0, 0.1) is 0 Å². The van der Waals surface area contributed by atoms with Crippen LogP contribution in [0.25, 0.3) is 0 Å². The minimum absolute atomic E-state index is 0.146. The van der Waals surface area contributed by atoms with E-state index < -0.39 is 0 Å². The summed E-state index contributed by atoms with van der Waals surface area (Å²) in [6.45, 7) is 6.05. The molecule has 0 atom stereocenters. The molecular weight excluding hydrogens is 330 g/mol. The number of ether oxygens (including phenoxy) is 1. The Morgan fingerprint density at radius 2 is 1.81 bits per heavy atom. The molecule has 1 saturated heterocycles. The quantitative estimate of drug-likeness (QED) is 0.854. The van der Waals surface area contributed by atoms with Gasteiger partial charge in [0.2, 0.25) is 5.95 Å². The van der Waals surface area contributed by atoms with Gasteiger partial charge in [0.05, 0.1) is 7.11 Å². The highest BCUT2D eigenvalue weighted by Crippen LogP contribution is 2.21. The number of hydrogen-bond donors (Lipinski definition) is 1. The van der Waals surface area contributed by atoms with Crippen LogP contribution in [0.15, 0.2) is 36.5 Å². The lowest BCUT2D eigenvalue weighted by Gasteiger charge is -2.36. The van der Waals surface area contributed by atoms with Crippen LogP contribution in [0.5, 0.6) is 5.75 Å². The van der Waals surface area contributed by atoms with E-state index in [1.54, 1.807) is 19.4 Å². The average Bonchev–Trinajstić information content (AvgIpc) is 2.72. The number of carbonyl (C=O) groups excluding carboxylic acids is 1. The van der Waals surface area contributed by atoms with Crippen LogP contribution >= 0.6 is 0 Å². The van der Waals surface area contributed by atoms with E-state index >= 15 is 0 Å². The van der Waals surface area contributed by atoms with E-state index in [2.05, 4.69) is 37.2 Å². The monoisotopic (exact) mass is 355 g/mol. The molecule has 0 radical (unpaired) electrons. The molecular formula is C19H25N5O2. The topological polar surface area (TPSA) is 70.6 Å². The van der Waals surface area contributed by atoms with Crippen molar-refractivity contribution in [2.75, 3.05) is 49.6 Å². The lowest BCUT2D eigenvalue weighted by atomic mass is 10.2. The summed E-state index contributed by atoms with van der Waals surface area (Å²) in [5.41, 5.74) is 1.60. The van der Waals surface area contributed by atoms with Crippen LogP contribution < -0.4 is 19.9 Å². The van der Waals surface area contributed by atoms with E-state index in [9.17, 15) is 4.79 Å². The van der Waals surface area contributed by atoms with Gasteiger partial charge in [0.1, 0.15) is 11.4 Å². The van der Waals surface area contributed by atoms with Crippen molar-refractivity contribution in [2.45, 2.75) is 13.3 Å². The summed E-state index contributed by atoms with van der Waals surface area (Å²) in [6, 6.07) is 9.75. The molecule has 1 aliphatic heterocycles. The number of benzene rings is 1. The van der Waals surface area contributed by atoms with Crippen molar-refractivity contribution in [2.24, 2.45) is 0 Å². The first-order valence-corrected chi connectivity index (χ1v) is 8.96. The van der Waals surface area contributed by atoms with Crippen molar-refractivity contribution in [3.63, 3.8) is 0 Å². The molecule has 1 amide bonds. The summed E-state index contributed by atoms with van der Waals surface area (Å²) in [5.74, 6) is 1.33. The molecule has 1 fully saturated rings. The van der Waals surface area contributed by atoms with E-state index in [1.807, 2.05) is 19.1 Å². The molecule has 1 aromatic carbocycles. The molecule has 2 aromatic rings. The van der Waals surface area contributed by atoms with Gasteiger partial charge in [-0.2, -0.15) is 0 Å². The van der Waals surface area contributed by atoms with Gasteiger partial charge in [0, 0.05) is 44.6 Å². The smallest absolute Gasteiger partial charge is 0.270 e. The summed E-state index contributed by atoms with van der Waals surface area (Å²) < 4.78 is 5.21. The van der Waals surface area contributed by atoms with Crippen LogP contribution in [-0.4, -0.2) is 55.7 Å². The summed E-state index contributed by atoms with van der Waals surface area (Å²) in [4.78, 5) is 25.3. The largest absolute Gasteiger partial charge is 0.497 e. The molecule has 1 aromatic heterocycles. The normalized spacial score (nSPS) is 14.2. The van der Waals surface area contributed by atoms with Crippen molar-refractivity contribution in [1.82, 2.24) is 15.3 Å². The second-order valence-corrected chi connectivity index (χ2v) is 6.17. The number of amides is 1. The second-order valence-electron chi connectivity index (χ2n) is 6.17. The van der Waals surface area contributed by atoms with Crippen molar-refractivity contribution in [3.05, 3.63) is 42.2 Å². The Morgan fingerprint density at radius 3 is 2.46 bits per heavy atom. The number of hydrogen-bond acceptors (Lipinski definition) is 6. The van der Waals surface area contributed by atoms with Crippen molar-refractivity contribution < 1.29 is 9.53 Å². The lowest BCUT2D eigenvalue weighted by molar-refractivity contribution is 0.0948. The molecule has 0 saturated carbocycles. The Bertz CT molecular complexity index is 727. The predicted molar refractivity (Wildman–Crippen MR) is 102 cm³/mol. The Kier molecular flexibility index (Phi) is 5.88. The molecule has 138 valence electrons. The van der Waals surface area contributed by atoms with Crippen LogP contribution in [0.4, 0.5) is 11.6 Å². The van der Waals surface area contributed by atoms with Crippen LogP contribution in [0.3, 0.4) is 0 Å². The van der Waals surface area contributed by atoms with Gasteiger partial charge in [-0.05, 0) is 36.8 Å². The molecule has 0 spiro atoms. The van der Waals surface area contributed by atoms with E-state index in [0.29, 0.717) is 18.2 Å². The third-order valence-electron chi connectivity index (χ3n) is 4.41. The molecule has 0 unspecified atom stereocenters. The third-order valence-corrected chi connectivity index (χ3v) is 4.41. The Hall–Kier alpha value is -2.83. The van der Waals surface area contributed by atoms with Crippen LogP contribution in [0.2, 0.25) is 0 Å². The molecule has 1 N–H and O–H groups in total. The van der Waals surface area contributed by atoms with Gasteiger partial charge in [-0.3, -0.25) is 4.79 Å². The number of carbonyl (C=O) groups is 1. The van der Waals surface area contributed by atoms with Gasteiger partial charge in [0.15, 0.2) is 0 Å². The predicted octanol–water partition coefficient (Wildman–Crippen LogP) is 1.95. The first-order valence-electron chi connectivity index (χ1n) is 8.96. The zero-order chi connectivity index (χ0) is 18.4. The maximum absolute atomic E-state index is 12.1. The number of piperazine rings is 1. The number of aromatic nitrogens is 2. The maximum Gasteiger partial charge on any atom is 0.270 e. The molecule has 3 rings (SSSR count). The van der Waals surface area contributed by atoms with Gasteiger partial charge < -0.3 is 19.9 Å². The molecule has 2 heterocycles. The van der Waals surface area contributed by atoms with Gasteiger partial charge in [-0.25, -0.2) is 9.97 Å². The first kappa shape index (κ1) is 18.0. The zero-order valence-electron chi connectivity index (χ0n) is 15.3. The number of rotatable bonds is 6. The lowest BCUT2D eigenvalue weighted by Crippen LogP contribution is -2.47. The van der Waals surface area contributed by atoms with E-state index in [-0.39, 0.29) is 5.91 Å². The van der Waals surface area contributed by atoms with Crippen LogP contribution in [-0.2, 0) is 0 Å². The summed E-state index contributed by atoms with van der Waals surface area (Å²) in [5, 5.41) is 2.85. The number of nitrogens with zero attached hydrogens (tertiary/aromatic N) is 4.